The predicted octanol–water partition coefficient (Wildman–Crippen LogP) is 0.0256. The van der Waals surface area contributed by atoms with E-state index in [9.17, 15) is 0 Å². The topological polar surface area (TPSA) is 81.6 Å². The van der Waals surface area contributed by atoms with Gasteiger partial charge in [0, 0.05) is 43.8 Å². The van der Waals surface area contributed by atoms with Crippen LogP contribution in [0, 0.1) is 0 Å². The first-order valence-electron chi connectivity index (χ1n) is 5.56. The molecule has 0 aromatic carbocycles. The largest absolute Gasteiger partial charge is 0.325 e. The first-order chi connectivity index (χ1) is 8.38. The van der Waals surface area contributed by atoms with Crippen LogP contribution in [0.15, 0.2) is 17.8 Å². The van der Waals surface area contributed by atoms with Gasteiger partial charge in [-0.3, -0.25) is 4.68 Å². The number of aromatic nitrogens is 4. The van der Waals surface area contributed by atoms with Gasteiger partial charge in [0.25, 0.3) is 0 Å². The molecule has 6 nitrogen and oxygen atoms in total. The molecule has 0 saturated carbocycles. The lowest BCUT2D eigenvalue weighted by molar-refractivity contribution is 0.541. The maximum absolute atomic E-state index is 5.46. The fourth-order valence-electron chi connectivity index (χ4n) is 1.43. The third-order valence-corrected chi connectivity index (χ3v) is 3.15. The Morgan fingerprint density at radius 3 is 3.06 bits per heavy atom. The van der Waals surface area contributed by atoms with Crippen molar-refractivity contribution in [3.63, 3.8) is 0 Å². The first-order valence-corrected chi connectivity index (χ1v) is 6.44. The van der Waals surface area contributed by atoms with Gasteiger partial charge in [0.1, 0.15) is 0 Å². The lowest BCUT2D eigenvalue weighted by Gasteiger charge is -2.02. The van der Waals surface area contributed by atoms with E-state index in [4.69, 9.17) is 5.73 Å². The molecule has 0 unspecified atom stereocenters. The summed E-state index contributed by atoms with van der Waals surface area (Å²) in [7, 11) is 0. The van der Waals surface area contributed by atoms with Gasteiger partial charge in [-0.05, 0) is 0 Å². The molecule has 3 N–H and O–H groups in total. The Kier molecular flexibility index (Phi) is 4.60. The second kappa shape index (κ2) is 6.43. The Bertz CT molecular complexity index is 424. The Labute approximate surface area is 104 Å². The van der Waals surface area contributed by atoms with E-state index in [-0.39, 0.29) is 0 Å². The molecular formula is C10H16N6S. The molecule has 0 aliphatic rings. The Hall–Kier alpha value is -1.31. The summed E-state index contributed by atoms with van der Waals surface area (Å²) in [5.41, 5.74) is 6.28. The van der Waals surface area contributed by atoms with E-state index in [1.165, 1.54) is 5.01 Å². The normalized spacial score (nSPS) is 10.9. The Morgan fingerprint density at radius 1 is 1.41 bits per heavy atom. The smallest absolute Gasteiger partial charge is 0.0962 e. The second-order valence-electron chi connectivity index (χ2n) is 3.60. The molecule has 0 aliphatic carbocycles. The van der Waals surface area contributed by atoms with Gasteiger partial charge in [-0.1, -0.05) is 5.21 Å². The summed E-state index contributed by atoms with van der Waals surface area (Å²) < 4.78 is 1.80. The zero-order valence-corrected chi connectivity index (χ0v) is 10.4. The fraction of sp³-hybridized carbons (Fsp3) is 0.500. The molecule has 0 radical (unpaired) electrons. The van der Waals surface area contributed by atoms with E-state index in [0.29, 0.717) is 6.54 Å². The van der Waals surface area contributed by atoms with Crippen molar-refractivity contribution in [1.29, 1.82) is 0 Å². The van der Waals surface area contributed by atoms with Crippen molar-refractivity contribution < 1.29 is 0 Å². The molecule has 0 saturated heterocycles. The summed E-state index contributed by atoms with van der Waals surface area (Å²) in [4.78, 5) is 4.22. The third-order valence-electron chi connectivity index (χ3n) is 2.31. The van der Waals surface area contributed by atoms with Gasteiger partial charge in [-0.25, -0.2) is 4.98 Å². The number of nitrogens with zero attached hydrogens (tertiary/aromatic N) is 4. The predicted molar refractivity (Wildman–Crippen MR) is 66.6 cm³/mol. The van der Waals surface area contributed by atoms with E-state index >= 15 is 0 Å². The van der Waals surface area contributed by atoms with E-state index < -0.39 is 0 Å². The van der Waals surface area contributed by atoms with Gasteiger partial charge in [-0.15, -0.1) is 16.4 Å². The van der Waals surface area contributed by atoms with Gasteiger partial charge in [0.05, 0.1) is 17.2 Å². The van der Waals surface area contributed by atoms with Crippen molar-refractivity contribution in [2.45, 2.75) is 19.5 Å². The molecule has 17 heavy (non-hydrogen) atoms. The van der Waals surface area contributed by atoms with E-state index in [0.717, 1.165) is 31.7 Å². The molecule has 0 atom stereocenters. The standard InChI is InChI=1S/C10H16N6S/c11-7-9-8-16(15-14-9)5-3-12-2-1-10-13-4-6-17-10/h4,6,8,12H,1-3,5,7,11H2. The van der Waals surface area contributed by atoms with Crippen LogP contribution in [0.3, 0.4) is 0 Å². The molecule has 2 aromatic rings. The monoisotopic (exact) mass is 252 g/mol. The van der Waals surface area contributed by atoms with Gasteiger partial charge < -0.3 is 11.1 Å². The van der Waals surface area contributed by atoms with Gasteiger partial charge in [0.2, 0.25) is 0 Å². The van der Waals surface area contributed by atoms with Gasteiger partial charge >= 0.3 is 0 Å². The highest BCUT2D eigenvalue weighted by molar-refractivity contribution is 7.09. The fourth-order valence-corrected chi connectivity index (χ4v) is 2.05. The molecule has 0 amide bonds. The summed E-state index contributed by atoms with van der Waals surface area (Å²) >= 11 is 1.69. The Balaban J connectivity index is 1.60. The van der Waals surface area contributed by atoms with Crippen LogP contribution in [-0.4, -0.2) is 33.1 Å². The van der Waals surface area contributed by atoms with Crippen molar-refractivity contribution in [2.24, 2.45) is 5.73 Å². The zero-order chi connectivity index (χ0) is 11.9. The minimum absolute atomic E-state index is 0.442. The van der Waals surface area contributed by atoms with Crippen LogP contribution >= 0.6 is 11.3 Å². The van der Waals surface area contributed by atoms with Crippen LogP contribution in [0.5, 0.6) is 0 Å². The maximum Gasteiger partial charge on any atom is 0.0962 e. The highest BCUT2D eigenvalue weighted by Gasteiger charge is 1.98. The summed E-state index contributed by atoms with van der Waals surface area (Å²) in [6, 6.07) is 0. The maximum atomic E-state index is 5.46. The van der Waals surface area contributed by atoms with Crippen molar-refractivity contribution in [2.75, 3.05) is 13.1 Å². The average molecular weight is 252 g/mol. The second-order valence-corrected chi connectivity index (χ2v) is 4.58. The van der Waals surface area contributed by atoms with Crippen LogP contribution in [0.4, 0.5) is 0 Å². The van der Waals surface area contributed by atoms with Crippen LogP contribution in [-0.2, 0) is 19.5 Å². The average Bonchev–Trinajstić information content (AvgIpc) is 2.99. The van der Waals surface area contributed by atoms with Gasteiger partial charge in [-0.2, -0.15) is 0 Å². The molecule has 0 fully saturated rings. The third kappa shape index (κ3) is 3.88. The lowest BCUT2D eigenvalue weighted by Crippen LogP contribution is -2.22. The number of hydrogen-bond donors (Lipinski definition) is 2. The molecule has 0 spiro atoms. The number of hydrogen-bond acceptors (Lipinski definition) is 6. The summed E-state index contributed by atoms with van der Waals surface area (Å²) in [5.74, 6) is 0. The van der Waals surface area contributed by atoms with Crippen LogP contribution in [0.2, 0.25) is 0 Å². The molecule has 92 valence electrons. The SMILES string of the molecule is NCc1cn(CCNCCc2nccs2)nn1. The molecule has 2 heterocycles. The number of nitrogens with two attached hydrogens (primary N) is 1. The highest BCUT2D eigenvalue weighted by Crippen LogP contribution is 2.03. The first kappa shape index (κ1) is 12.2. The number of thiazole rings is 1. The quantitative estimate of drug-likeness (QED) is 0.679. The summed E-state index contributed by atoms with van der Waals surface area (Å²) in [5, 5.41) is 14.4. The van der Waals surface area contributed by atoms with Crippen molar-refractivity contribution in [3.8, 4) is 0 Å². The molecular weight excluding hydrogens is 236 g/mol. The highest BCUT2D eigenvalue weighted by atomic mass is 32.1. The minimum Gasteiger partial charge on any atom is -0.325 e. The molecule has 0 aliphatic heterocycles. The van der Waals surface area contributed by atoms with Crippen LogP contribution < -0.4 is 11.1 Å². The molecule has 2 aromatic heterocycles. The van der Waals surface area contributed by atoms with Crippen LogP contribution in [0.1, 0.15) is 10.7 Å². The Morgan fingerprint density at radius 2 is 2.35 bits per heavy atom. The number of nitrogens with one attached hydrogen (secondary N) is 1. The van der Waals surface area contributed by atoms with Gasteiger partial charge in [0.15, 0.2) is 0 Å². The van der Waals surface area contributed by atoms with Crippen molar-refractivity contribution in [3.05, 3.63) is 28.5 Å². The van der Waals surface area contributed by atoms with E-state index in [2.05, 4.69) is 20.6 Å². The van der Waals surface area contributed by atoms with Crippen LogP contribution in [0.25, 0.3) is 0 Å². The van der Waals surface area contributed by atoms with Crippen molar-refractivity contribution in [1.82, 2.24) is 25.3 Å². The van der Waals surface area contributed by atoms with Crippen molar-refractivity contribution >= 4 is 11.3 Å². The minimum atomic E-state index is 0.442. The van der Waals surface area contributed by atoms with E-state index in [1.807, 2.05) is 17.8 Å². The lowest BCUT2D eigenvalue weighted by atomic mass is 10.4. The molecule has 0 bridgehead atoms. The summed E-state index contributed by atoms with van der Waals surface area (Å²) in [6.45, 7) is 3.06. The number of rotatable bonds is 7. The zero-order valence-electron chi connectivity index (χ0n) is 9.54. The molecule has 7 heteroatoms. The summed E-state index contributed by atoms with van der Waals surface area (Å²) in [6.07, 6.45) is 4.69. The molecule has 2 rings (SSSR count). The van der Waals surface area contributed by atoms with E-state index in [1.54, 1.807) is 16.0 Å².